The number of aliphatic carboxylic acids is 3. The summed E-state index contributed by atoms with van der Waals surface area (Å²) in [6.45, 7) is 3.15. The van der Waals surface area contributed by atoms with Crippen molar-refractivity contribution in [3.8, 4) is 0 Å². The zero-order valence-corrected chi connectivity index (χ0v) is 43.1. The lowest BCUT2D eigenvalue weighted by Crippen LogP contribution is -2.48. The van der Waals surface area contributed by atoms with E-state index in [9.17, 15) is 53.4 Å². The minimum absolute atomic E-state index is 0.0229. The molecule has 2 atom stereocenters. The maximum Gasteiger partial charge on any atom is 0.326 e. The molecule has 1 unspecified atom stereocenters. The van der Waals surface area contributed by atoms with E-state index in [2.05, 4.69) is 26.6 Å². The van der Waals surface area contributed by atoms with E-state index in [1.54, 1.807) is 0 Å². The smallest absolute Gasteiger partial charge is 0.326 e. The number of unbranched alkanes of at least 4 members (excludes halogenated alkanes) is 15. The SMILES string of the molecule is CC(=O)COCCOCCNC(=O)COCCOCCNC(=O)[C@H](CCC(=O)O)NC(=O)CCC(NC(=O)[C@H]1CC[C@H](CNC(=O)CCCCCCCCCCCCCCCCCCC(=O)O)CC1)C(=O)O. The van der Waals surface area contributed by atoms with Crippen molar-refractivity contribution in [1.29, 1.82) is 0 Å². The molecule has 0 spiro atoms. The van der Waals surface area contributed by atoms with Gasteiger partial charge in [0.15, 0.2) is 5.78 Å². The van der Waals surface area contributed by atoms with Crippen LogP contribution < -0.4 is 26.6 Å². The number of ether oxygens (including phenoxy) is 4. The maximum atomic E-state index is 13.1. The van der Waals surface area contributed by atoms with E-state index in [4.69, 9.17) is 24.1 Å². The highest BCUT2D eigenvalue weighted by atomic mass is 16.5. The number of Topliss-reactive ketones (excluding diaryl/α,β-unsaturated/α-hetero) is 1. The van der Waals surface area contributed by atoms with Crippen molar-refractivity contribution in [2.24, 2.45) is 11.8 Å². The number of rotatable bonds is 48. The van der Waals surface area contributed by atoms with E-state index in [-0.39, 0.29) is 115 Å². The Morgan fingerprint density at radius 1 is 0.458 bits per heavy atom. The number of amides is 5. The van der Waals surface area contributed by atoms with Gasteiger partial charge in [-0.15, -0.1) is 0 Å². The van der Waals surface area contributed by atoms with Gasteiger partial charge in [0.05, 0.1) is 39.6 Å². The van der Waals surface area contributed by atoms with Crippen LogP contribution in [0.15, 0.2) is 0 Å². The molecule has 5 amide bonds. The molecule has 0 saturated heterocycles. The molecule has 0 aliphatic heterocycles. The topological polar surface area (TPSA) is 311 Å². The number of carboxylic acids is 3. The molecule has 0 aromatic heterocycles. The summed E-state index contributed by atoms with van der Waals surface area (Å²) in [5, 5.41) is 41.0. The summed E-state index contributed by atoms with van der Waals surface area (Å²) in [5.41, 5.74) is 0. The second-order valence-corrected chi connectivity index (χ2v) is 18.7. The van der Waals surface area contributed by atoms with Crippen molar-refractivity contribution < 1.29 is 77.4 Å². The van der Waals surface area contributed by atoms with Crippen LogP contribution in [0.1, 0.15) is 174 Å². The van der Waals surface area contributed by atoms with E-state index < -0.39 is 60.1 Å². The molecule has 1 fully saturated rings. The van der Waals surface area contributed by atoms with Crippen LogP contribution in [-0.2, 0) is 62.1 Å². The summed E-state index contributed by atoms with van der Waals surface area (Å²) in [6.07, 6.45) is 20.5. The van der Waals surface area contributed by atoms with E-state index in [1.807, 2.05) is 0 Å². The predicted molar refractivity (Wildman–Crippen MR) is 267 cm³/mol. The third-order valence-electron chi connectivity index (χ3n) is 12.3. The molecular weight excluding hydrogens is 939 g/mol. The molecule has 0 aromatic rings. The number of carboxylic acid groups (broad SMARTS) is 3. The predicted octanol–water partition coefficient (Wildman–Crippen LogP) is 4.60. The molecular formula is C51H89N5O16. The third-order valence-corrected chi connectivity index (χ3v) is 12.3. The average molecular weight is 1030 g/mol. The molecule has 1 aliphatic rings. The number of hydrogen-bond donors (Lipinski definition) is 8. The highest BCUT2D eigenvalue weighted by Gasteiger charge is 2.30. The Labute approximate surface area is 426 Å². The molecule has 1 rings (SSSR count). The molecule has 0 heterocycles. The van der Waals surface area contributed by atoms with Gasteiger partial charge in [0.25, 0.3) is 0 Å². The van der Waals surface area contributed by atoms with Gasteiger partial charge < -0.3 is 60.9 Å². The highest BCUT2D eigenvalue weighted by molar-refractivity contribution is 5.89. The van der Waals surface area contributed by atoms with Gasteiger partial charge in [0.2, 0.25) is 29.5 Å². The summed E-state index contributed by atoms with van der Waals surface area (Å²) in [4.78, 5) is 108. The van der Waals surface area contributed by atoms with Gasteiger partial charge in [0.1, 0.15) is 25.3 Å². The van der Waals surface area contributed by atoms with Crippen LogP contribution in [0.25, 0.3) is 0 Å². The molecule has 414 valence electrons. The fraction of sp³-hybridized carbons (Fsp3) is 0.824. The fourth-order valence-electron chi connectivity index (χ4n) is 8.14. The van der Waals surface area contributed by atoms with Crippen molar-refractivity contribution >= 4 is 53.2 Å². The van der Waals surface area contributed by atoms with E-state index in [0.29, 0.717) is 38.6 Å². The van der Waals surface area contributed by atoms with Gasteiger partial charge in [-0.3, -0.25) is 38.4 Å². The van der Waals surface area contributed by atoms with E-state index in [1.165, 1.54) is 71.1 Å². The second kappa shape index (κ2) is 43.8. The summed E-state index contributed by atoms with van der Waals surface area (Å²) < 4.78 is 21.0. The second-order valence-electron chi connectivity index (χ2n) is 18.7. The van der Waals surface area contributed by atoms with Crippen molar-refractivity contribution in [3.05, 3.63) is 0 Å². The molecule has 1 saturated carbocycles. The Morgan fingerprint density at radius 2 is 0.931 bits per heavy atom. The molecule has 0 aromatic carbocycles. The molecule has 21 nitrogen and oxygen atoms in total. The summed E-state index contributed by atoms with van der Waals surface area (Å²) in [7, 11) is 0. The van der Waals surface area contributed by atoms with Crippen LogP contribution in [0.2, 0.25) is 0 Å². The average Bonchev–Trinajstić information content (AvgIpc) is 3.34. The Hall–Kier alpha value is -4.73. The lowest BCUT2D eigenvalue weighted by molar-refractivity contribution is -0.143. The van der Waals surface area contributed by atoms with Crippen LogP contribution in [0, 0.1) is 11.8 Å². The van der Waals surface area contributed by atoms with Crippen molar-refractivity contribution in [2.75, 3.05) is 72.5 Å². The Bertz CT molecular complexity index is 1560. The van der Waals surface area contributed by atoms with Crippen LogP contribution in [0.4, 0.5) is 0 Å². The number of ketones is 1. The first-order chi connectivity index (χ1) is 34.7. The van der Waals surface area contributed by atoms with Gasteiger partial charge in [-0.05, 0) is 64.2 Å². The Balaban J connectivity index is 2.20. The minimum atomic E-state index is -1.36. The fourth-order valence-corrected chi connectivity index (χ4v) is 8.14. The van der Waals surface area contributed by atoms with Gasteiger partial charge in [-0.1, -0.05) is 89.9 Å². The van der Waals surface area contributed by atoms with Crippen molar-refractivity contribution in [3.63, 3.8) is 0 Å². The first-order valence-electron chi connectivity index (χ1n) is 26.6. The number of carbonyl (C=O) groups is 9. The van der Waals surface area contributed by atoms with Crippen LogP contribution >= 0.6 is 0 Å². The summed E-state index contributed by atoms with van der Waals surface area (Å²) in [5.74, 6) is -5.55. The number of carbonyl (C=O) groups excluding carboxylic acids is 6. The van der Waals surface area contributed by atoms with Crippen LogP contribution in [0.3, 0.4) is 0 Å². The van der Waals surface area contributed by atoms with Crippen LogP contribution in [0.5, 0.6) is 0 Å². The van der Waals surface area contributed by atoms with Gasteiger partial charge in [0, 0.05) is 51.2 Å². The first kappa shape index (κ1) is 65.3. The van der Waals surface area contributed by atoms with Crippen LogP contribution in [-0.4, -0.2) is 153 Å². The summed E-state index contributed by atoms with van der Waals surface area (Å²) in [6, 6.07) is -2.57. The molecule has 0 bridgehead atoms. The standard InChI is InChI=1S/C51H89N5O16/c1-39(57)37-71-34-32-69-30-28-52-46(60)38-72-35-33-70-31-29-53-50(66)42(25-27-48(63)64)55-45(59)26-24-43(51(67)68)56-49(65)41-22-20-40(21-23-41)36-54-44(58)18-16-14-12-10-8-6-4-2-3-5-7-9-11-13-15-17-19-47(61)62/h40-43H,2-38H2,1H3,(H,52,60)(H,53,66)(H,54,58)(H,55,59)(H,56,65)(H,61,62)(H,63,64)(H,67,68)/t40-,41-,42-,43?/m0/s1. The molecule has 8 N–H and O–H groups in total. The lowest BCUT2D eigenvalue weighted by Gasteiger charge is -2.28. The van der Waals surface area contributed by atoms with Gasteiger partial charge in [-0.25, -0.2) is 4.79 Å². The first-order valence-corrected chi connectivity index (χ1v) is 26.6. The third kappa shape index (κ3) is 38.9. The monoisotopic (exact) mass is 1030 g/mol. The lowest BCUT2D eigenvalue weighted by atomic mass is 9.81. The Morgan fingerprint density at radius 3 is 1.44 bits per heavy atom. The zero-order valence-electron chi connectivity index (χ0n) is 43.1. The van der Waals surface area contributed by atoms with E-state index >= 15 is 0 Å². The molecule has 72 heavy (non-hydrogen) atoms. The molecule has 1 aliphatic carbocycles. The summed E-state index contributed by atoms with van der Waals surface area (Å²) >= 11 is 0. The molecule has 21 heteroatoms. The number of hydrogen-bond acceptors (Lipinski definition) is 13. The van der Waals surface area contributed by atoms with Gasteiger partial charge >= 0.3 is 17.9 Å². The quantitative estimate of drug-likeness (QED) is 0.0386. The largest absolute Gasteiger partial charge is 0.481 e. The van der Waals surface area contributed by atoms with Crippen molar-refractivity contribution in [2.45, 2.75) is 186 Å². The Kier molecular flexibility index (Phi) is 39.7. The highest BCUT2D eigenvalue weighted by Crippen LogP contribution is 2.29. The van der Waals surface area contributed by atoms with E-state index in [0.717, 1.165) is 38.5 Å². The number of nitrogens with one attached hydrogen (secondary N) is 5. The maximum absolute atomic E-state index is 13.1. The molecule has 0 radical (unpaired) electrons. The zero-order chi connectivity index (χ0) is 53.0. The van der Waals surface area contributed by atoms with Gasteiger partial charge in [-0.2, -0.15) is 0 Å². The normalized spacial score (nSPS) is 15.2. The van der Waals surface area contributed by atoms with Crippen molar-refractivity contribution in [1.82, 2.24) is 26.6 Å². The minimum Gasteiger partial charge on any atom is -0.481 e.